The van der Waals surface area contributed by atoms with Crippen LogP contribution in [0.15, 0.2) is 59.1 Å². The van der Waals surface area contributed by atoms with Crippen molar-refractivity contribution in [2.24, 2.45) is 0 Å². The number of carbonyl (C=O) groups is 1. The summed E-state index contributed by atoms with van der Waals surface area (Å²) < 4.78 is 24.5. The van der Waals surface area contributed by atoms with Gasteiger partial charge in [0.15, 0.2) is 9.84 Å². The third-order valence-electron chi connectivity index (χ3n) is 4.37. The summed E-state index contributed by atoms with van der Waals surface area (Å²) in [6, 6.07) is 11.2. The third kappa shape index (κ3) is 5.28. The van der Waals surface area contributed by atoms with Crippen molar-refractivity contribution in [3.05, 3.63) is 64.7 Å². The van der Waals surface area contributed by atoms with Crippen LogP contribution in [-0.4, -0.2) is 30.0 Å². The lowest BCUT2D eigenvalue weighted by Gasteiger charge is -2.12. The molecule has 0 fully saturated rings. The summed E-state index contributed by atoms with van der Waals surface area (Å²) >= 11 is 1.45. The van der Waals surface area contributed by atoms with Gasteiger partial charge in [0.1, 0.15) is 5.01 Å². The predicted molar refractivity (Wildman–Crippen MR) is 115 cm³/mol. The highest BCUT2D eigenvalue weighted by atomic mass is 32.2. The van der Waals surface area contributed by atoms with E-state index in [1.165, 1.54) is 35.6 Å². The van der Waals surface area contributed by atoms with E-state index < -0.39 is 9.84 Å². The molecule has 9 heteroatoms. The molecule has 0 spiro atoms. The van der Waals surface area contributed by atoms with Gasteiger partial charge in [0.2, 0.25) is 0 Å². The van der Waals surface area contributed by atoms with Crippen molar-refractivity contribution in [3.63, 3.8) is 0 Å². The van der Waals surface area contributed by atoms with E-state index in [0.717, 1.165) is 16.3 Å². The molecule has 0 aliphatic heterocycles. The molecule has 154 valence electrons. The zero-order valence-corrected chi connectivity index (χ0v) is 17.9. The van der Waals surface area contributed by atoms with Crippen LogP contribution < -0.4 is 5.32 Å². The highest BCUT2D eigenvalue weighted by Gasteiger charge is 2.17. The molecular weight excluding hydrogens is 420 g/mol. The van der Waals surface area contributed by atoms with Crippen LogP contribution in [0.25, 0.3) is 11.3 Å². The Morgan fingerprint density at radius 2 is 2.03 bits per heavy atom. The first kappa shape index (κ1) is 21.6. The van der Waals surface area contributed by atoms with Gasteiger partial charge in [-0.2, -0.15) is 5.26 Å². The summed E-state index contributed by atoms with van der Waals surface area (Å²) in [5.41, 5.74) is 2.07. The molecule has 3 aromatic rings. The van der Waals surface area contributed by atoms with Crippen LogP contribution >= 0.6 is 11.3 Å². The molecule has 1 amide bonds. The maximum absolute atomic E-state index is 12.5. The van der Waals surface area contributed by atoms with E-state index >= 15 is 0 Å². The van der Waals surface area contributed by atoms with Crippen LogP contribution in [-0.2, 0) is 9.84 Å². The molecular formula is C21H20N4O3S2. The number of amides is 1. The molecule has 7 nitrogen and oxygen atoms in total. The van der Waals surface area contributed by atoms with Crippen LogP contribution in [0.2, 0.25) is 0 Å². The Bertz CT molecular complexity index is 1150. The minimum atomic E-state index is -3.46. The molecule has 0 saturated carbocycles. The van der Waals surface area contributed by atoms with Crippen LogP contribution in [0.4, 0.5) is 0 Å². The third-order valence-corrected chi connectivity index (χ3v) is 7.22. The normalized spacial score (nSPS) is 12.1. The number of carbonyl (C=O) groups excluding carboxylic acids is 1. The lowest BCUT2D eigenvalue weighted by atomic mass is 10.2. The molecule has 1 unspecified atom stereocenters. The van der Waals surface area contributed by atoms with Gasteiger partial charge >= 0.3 is 0 Å². The number of nitriles is 1. The standard InChI is InChI=1S/C21H20N4O3S2/c1-15(21-25-19(14-29-21)17-5-4-11-23-13-17)24-20(26)16-6-8-18(9-7-16)30(27,28)12-3-2-10-22/h4-9,11,13-15H,2-3,12H2,1H3,(H,24,26). The van der Waals surface area contributed by atoms with Gasteiger partial charge in [-0.3, -0.25) is 9.78 Å². The number of nitrogens with zero attached hydrogens (tertiary/aromatic N) is 3. The highest BCUT2D eigenvalue weighted by Crippen LogP contribution is 2.25. The number of thiazole rings is 1. The smallest absolute Gasteiger partial charge is 0.251 e. The maximum Gasteiger partial charge on any atom is 0.251 e. The van der Waals surface area contributed by atoms with E-state index in [4.69, 9.17) is 5.26 Å². The van der Waals surface area contributed by atoms with Gasteiger partial charge in [-0.05, 0) is 49.7 Å². The molecule has 1 atom stereocenters. The Kier molecular flexibility index (Phi) is 6.92. The van der Waals surface area contributed by atoms with Gasteiger partial charge in [-0.15, -0.1) is 11.3 Å². The van der Waals surface area contributed by atoms with Crippen molar-refractivity contribution in [1.82, 2.24) is 15.3 Å². The lowest BCUT2D eigenvalue weighted by molar-refractivity contribution is 0.0939. The molecule has 2 heterocycles. The van der Waals surface area contributed by atoms with Crippen molar-refractivity contribution >= 4 is 27.1 Å². The number of unbranched alkanes of at least 4 members (excludes halogenated alkanes) is 1. The average molecular weight is 441 g/mol. The fraction of sp³-hybridized carbons (Fsp3) is 0.238. The van der Waals surface area contributed by atoms with Gasteiger partial charge in [-0.25, -0.2) is 13.4 Å². The number of aromatic nitrogens is 2. The predicted octanol–water partition coefficient (Wildman–Crippen LogP) is 3.77. The molecule has 1 aromatic carbocycles. The van der Waals surface area contributed by atoms with E-state index in [1.54, 1.807) is 12.4 Å². The van der Waals surface area contributed by atoms with Crippen LogP contribution in [0.1, 0.15) is 41.2 Å². The summed E-state index contributed by atoms with van der Waals surface area (Å²) in [6.45, 7) is 1.85. The number of pyridine rings is 1. The SMILES string of the molecule is CC(NC(=O)c1ccc(S(=O)(=O)CCCC#N)cc1)c1nc(-c2cccnc2)cs1. The lowest BCUT2D eigenvalue weighted by Crippen LogP contribution is -2.26. The van der Waals surface area contributed by atoms with E-state index in [2.05, 4.69) is 15.3 Å². The van der Waals surface area contributed by atoms with Gasteiger partial charge in [0.25, 0.3) is 5.91 Å². The first-order valence-corrected chi connectivity index (χ1v) is 11.8. The number of hydrogen-bond donors (Lipinski definition) is 1. The number of benzene rings is 1. The Morgan fingerprint density at radius 3 is 2.70 bits per heavy atom. The Balaban J connectivity index is 1.65. The minimum Gasteiger partial charge on any atom is -0.343 e. The van der Waals surface area contributed by atoms with E-state index in [1.807, 2.05) is 30.5 Å². The second-order valence-electron chi connectivity index (χ2n) is 6.61. The summed E-state index contributed by atoms with van der Waals surface area (Å²) in [6.07, 6.45) is 3.91. The Hall–Kier alpha value is -3.09. The monoisotopic (exact) mass is 440 g/mol. The quantitative estimate of drug-likeness (QED) is 0.534. The summed E-state index contributed by atoms with van der Waals surface area (Å²) in [7, 11) is -3.46. The number of rotatable bonds is 8. The van der Waals surface area contributed by atoms with Gasteiger partial charge in [-0.1, -0.05) is 0 Å². The van der Waals surface area contributed by atoms with E-state index in [0.29, 0.717) is 5.56 Å². The first-order valence-electron chi connectivity index (χ1n) is 9.27. The second-order valence-corrected chi connectivity index (χ2v) is 9.61. The van der Waals surface area contributed by atoms with Gasteiger partial charge in [0, 0.05) is 35.3 Å². The topological polar surface area (TPSA) is 113 Å². The van der Waals surface area contributed by atoms with Gasteiger partial charge < -0.3 is 5.32 Å². The minimum absolute atomic E-state index is 0.0908. The molecule has 2 aromatic heterocycles. The number of hydrogen-bond acceptors (Lipinski definition) is 7. The van der Waals surface area contributed by atoms with Crippen molar-refractivity contribution in [2.75, 3.05) is 5.75 Å². The summed E-state index contributed by atoms with van der Waals surface area (Å²) in [4.78, 5) is 21.3. The highest BCUT2D eigenvalue weighted by molar-refractivity contribution is 7.91. The molecule has 3 rings (SSSR count). The molecule has 0 radical (unpaired) electrons. The van der Waals surface area contributed by atoms with Crippen LogP contribution in [0, 0.1) is 11.3 Å². The number of nitrogens with one attached hydrogen (secondary N) is 1. The fourth-order valence-corrected chi connectivity index (χ4v) is 4.89. The second kappa shape index (κ2) is 9.61. The molecule has 0 aliphatic carbocycles. The zero-order chi connectivity index (χ0) is 21.6. The Morgan fingerprint density at radius 1 is 1.27 bits per heavy atom. The zero-order valence-electron chi connectivity index (χ0n) is 16.3. The number of sulfone groups is 1. The van der Waals surface area contributed by atoms with Crippen molar-refractivity contribution in [1.29, 1.82) is 5.26 Å². The maximum atomic E-state index is 12.5. The largest absolute Gasteiger partial charge is 0.343 e. The molecule has 0 bridgehead atoms. The van der Waals surface area contributed by atoms with E-state index in [-0.39, 0.29) is 35.4 Å². The van der Waals surface area contributed by atoms with Crippen LogP contribution in [0.5, 0.6) is 0 Å². The van der Waals surface area contributed by atoms with Crippen molar-refractivity contribution < 1.29 is 13.2 Å². The first-order chi connectivity index (χ1) is 14.4. The average Bonchev–Trinajstić information content (AvgIpc) is 3.25. The van der Waals surface area contributed by atoms with Crippen LogP contribution in [0.3, 0.4) is 0 Å². The van der Waals surface area contributed by atoms with Gasteiger partial charge in [0.05, 0.1) is 28.5 Å². The molecule has 30 heavy (non-hydrogen) atoms. The molecule has 0 aliphatic rings. The van der Waals surface area contributed by atoms with Crippen molar-refractivity contribution in [2.45, 2.75) is 30.7 Å². The fourth-order valence-electron chi connectivity index (χ4n) is 2.75. The summed E-state index contributed by atoms with van der Waals surface area (Å²) in [5.74, 6) is -0.402. The molecule has 1 N–H and O–H groups in total. The molecule has 0 saturated heterocycles. The summed E-state index contributed by atoms with van der Waals surface area (Å²) in [5, 5.41) is 14.1. The van der Waals surface area contributed by atoms with Crippen molar-refractivity contribution in [3.8, 4) is 17.3 Å². The Labute approximate surface area is 179 Å². The van der Waals surface area contributed by atoms with E-state index in [9.17, 15) is 13.2 Å².